The van der Waals surface area contributed by atoms with Gasteiger partial charge in [0.05, 0.1) is 17.3 Å². The normalized spacial score (nSPS) is 10.7. The molecule has 1 amide bonds. The Morgan fingerprint density at radius 1 is 1.30 bits per heavy atom. The summed E-state index contributed by atoms with van der Waals surface area (Å²) in [6.45, 7) is 3.40. The second-order valence-electron chi connectivity index (χ2n) is 6.30. The Labute approximate surface area is 157 Å². The van der Waals surface area contributed by atoms with Gasteiger partial charge in [0.25, 0.3) is 5.91 Å². The Morgan fingerprint density at radius 2 is 2.07 bits per heavy atom. The highest BCUT2D eigenvalue weighted by Crippen LogP contribution is 2.20. The number of hydrogen-bond donors (Lipinski definition) is 4. The zero-order chi connectivity index (χ0) is 19.2. The van der Waals surface area contributed by atoms with E-state index in [0.29, 0.717) is 23.4 Å². The number of pyridine rings is 1. The first-order chi connectivity index (χ1) is 13.1. The van der Waals surface area contributed by atoms with Gasteiger partial charge in [0.15, 0.2) is 11.6 Å². The number of nitrogens with one attached hydrogen (secondary N) is 3. The van der Waals surface area contributed by atoms with Crippen LogP contribution in [0, 0.1) is 5.41 Å². The number of hydrogen-bond acceptors (Lipinski definition) is 4. The number of benzene rings is 1. The molecule has 0 atom stereocenters. The lowest BCUT2D eigenvalue weighted by Crippen LogP contribution is -2.36. The van der Waals surface area contributed by atoms with Gasteiger partial charge in [-0.3, -0.25) is 15.3 Å². The molecule has 0 fully saturated rings. The SMILES string of the molecule is CCCCN(Cc1ccc(C(=O)Nc2ccnc3[nH]ncc23)cc1)C(=N)N. The summed E-state index contributed by atoms with van der Waals surface area (Å²) < 4.78 is 0. The molecule has 1 aromatic carbocycles. The van der Waals surface area contributed by atoms with Gasteiger partial charge in [-0.05, 0) is 30.2 Å². The molecule has 3 aromatic rings. The van der Waals surface area contributed by atoms with Crippen LogP contribution in [-0.2, 0) is 6.54 Å². The molecule has 140 valence electrons. The summed E-state index contributed by atoms with van der Waals surface area (Å²) in [5, 5.41) is 18.1. The number of rotatable bonds is 7. The Balaban J connectivity index is 1.68. The topological polar surface area (TPSA) is 124 Å². The summed E-state index contributed by atoms with van der Waals surface area (Å²) in [5.74, 6) is -0.142. The van der Waals surface area contributed by atoms with Crippen LogP contribution < -0.4 is 11.1 Å². The largest absolute Gasteiger partial charge is 0.370 e. The number of carbonyl (C=O) groups excluding carboxylic acids is 1. The Bertz CT molecular complexity index is 933. The zero-order valence-electron chi connectivity index (χ0n) is 15.2. The van der Waals surface area contributed by atoms with Gasteiger partial charge >= 0.3 is 0 Å². The first-order valence-corrected chi connectivity index (χ1v) is 8.86. The molecule has 2 aromatic heterocycles. The van der Waals surface area contributed by atoms with Gasteiger partial charge < -0.3 is 16.0 Å². The van der Waals surface area contributed by atoms with Crippen LogP contribution in [-0.4, -0.2) is 38.5 Å². The van der Waals surface area contributed by atoms with Crippen LogP contribution >= 0.6 is 0 Å². The number of carbonyl (C=O) groups is 1. The van der Waals surface area contributed by atoms with E-state index < -0.39 is 0 Å². The highest BCUT2D eigenvalue weighted by molar-refractivity contribution is 6.08. The van der Waals surface area contributed by atoms with Crippen LogP contribution in [0.5, 0.6) is 0 Å². The molecule has 0 aliphatic rings. The van der Waals surface area contributed by atoms with Crippen molar-refractivity contribution in [1.29, 1.82) is 5.41 Å². The van der Waals surface area contributed by atoms with E-state index in [1.807, 2.05) is 17.0 Å². The van der Waals surface area contributed by atoms with Crippen LogP contribution in [0.2, 0.25) is 0 Å². The van der Waals surface area contributed by atoms with Crippen molar-refractivity contribution in [2.45, 2.75) is 26.3 Å². The van der Waals surface area contributed by atoms with Crippen molar-refractivity contribution < 1.29 is 4.79 Å². The van der Waals surface area contributed by atoms with Crippen LogP contribution in [0.15, 0.2) is 42.7 Å². The van der Waals surface area contributed by atoms with Gasteiger partial charge in [-0.25, -0.2) is 4.98 Å². The number of amides is 1. The monoisotopic (exact) mass is 365 g/mol. The van der Waals surface area contributed by atoms with Gasteiger partial charge in [0, 0.05) is 24.8 Å². The number of nitrogens with two attached hydrogens (primary N) is 1. The summed E-state index contributed by atoms with van der Waals surface area (Å²) in [4.78, 5) is 18.5. The lowest BCUT2D eigenvalue weighted by Gasteiger charge is -2.22. The summed E-state index contributed by atoms with van der Waals surface area (Å²) >= 11 is 0. The maximum absolute atomic E-state index is 12.5. The van der Waals surface area contributed by atoms with Crippen LogP contribution in [0.3, 0.4) is 0 Å². The minimum Gasteiger partial charge on any atom is -0.370 e. The first kappa shape index (κ1) is 18.4. The van der Waals surface area contributed by atoms with E-state index in [0.717, 1.165) is 30.3 Å². The highest BCUT2D eigenvalue weighted by atomic mass is 16.1. The van der Waals surface area contributed by atoms with Crippen molar-refractivity contribution in [3.8, 4) is 0 Å². The molecule has 8 heteroatoms. The third-order valence-corrected chi connectivity index (χ3v) is 4.31. The molecule has 0 unspecified atom stereocenters. The molecule has 0 bridgehead atoms. The number of anilines is 1. The Hall–Kier alpha value is -3.42. The second-order valence-corrected chi connectivity index (χ2v) is 6.30. The van der Waals surface area contributed by atoms with Crippen molar-refractivity contribution >= 4 is 28.6 Å². The molecule has 0 radical (unpaired) electrons. The fourth-order valence-corrected chi connectivity index (χ4v) is 2.77. The van der Waals surface area contributed by atoms with Crippen LogP contribution in [0.25, 0.3) is 11.0 Å². The fraction of sp³-hybridized carbons (Fsp3) is 0.263. The maximum Gasteiger partial charge on any atom is 0.255 e. The summed E-state index contributed by atoms with van der Waals surface area (Å²) in [6, 6.07) is 9.06. The molecule has 2 heterocycles. The Kier molecular flexibility index (Phi) is 5.65. The fourth-order valence-electron chi connectivity index (χ4n) is 2.77. The number of fused-ring (bicyclic) bond motifs is 1. The quantitative estimate of drug-likeness (QED) is 0.378. The van der Waals surface area contributed by atoms with E-state index in [2.05, 4.69) is 27.4 Å². The molecule has 0 aliphatic carbocycles. The third-order valence-electron chi connectivity index (χ3n) is 4.31. The van der Waals surface area contributed by atoms with Gasteiger partial charge in [-0.1, -0.05) is 25.5 Å². The van der Waals surface area contributed by atoms with E-state index in [4.69, 9.17) is 11.1 Å². The summed E-state index contributed by atoms with van der Waals surface area (Å²) in [7, 11) is 0. The average molecular weight is 365 g/mol. The lowest BCUT2D eigenvalue weighted by molar-refractivity contribution is 0.102. The van der Waals surface area contributed by atoms with E-state index in [1.165, 1.54) is 0 Å². The van der Waals surface area contributed by atoms with Crippen molar-refractivity contribution in [3.63, 3.8) is 0 Å². The minimum absolute atomic E-state index is 0.0621. The van der Waals surface area contributed by atoms with Crippen molar-refractivity contribution in [1.82, 2.24) is 20.1 Å². The third kappa shape index (κ3) is 4.41. The van der Waals surface area contributed by atoms with Crippen LogP contribution in [0.4, 0.5) is 5.69 Å². The van der Waals surface area contributed by atoms with Crippen LogP contribution in [0.1, 0.15) is 35.7 Å². The first-order valence-electron chi connectivity index (χ1n) is 8.86. The van der Waals surface area contributed by atoms with Gasteiger partial charge in [-0.15, -0.1) is 0 Å². The number of guanidine groups is 1. The van der Waals surface area contributed by atoms with E-state index in [-0.39, 0.29) is 11.9 Å². The van der Waals surface area contributed by atoms with Gasteiger partial charge in [0.2, 0.25) is 0 Å². The molecule has 0 aliphatic heterocycles. The second kappa shape index (κ2) is 8.31. The number of unbranched alkanes of at least 4 members (excludes halogenated alkanes) is 1. The Morgan fingerprint density at radius 3 is 2.78 bits per heavy atom. The summed E-state index contributed by atoms with van der Waals surface area (Å²) in [5.41, 5.74) is 8.49. The molecule has 5 N–H and O–H groups in total. The van der Waals surface area contributed by atoms with Crippen molar-refractivity contribution in [3.05, 3.63) is 53.9 Å². The molecule has 3 rings (SSSR count). The van der Waals surface area contributed by atoms with E-state index >= 15 is 0 Å². The molecule has 0 saturated heterocycles. The predicted molar refractivity (Wildman–Crippen MR) is 106 cm³/mol. The van der Waals surface area contributed by atoms with E-state index in [1.54, 1.807) is 30.6 Å². The smallest absolute Gasteiger partial charge is 0.255 e. The molecule has 0 saturated carbocycles. The summed E-state index contributed by atoms with van der Waals surface area (Å²) in [6.07, 6.45) is 5.27. The molecule has 27 heavy (non-hydrogen) atoms. The molecule has 8 nitrogen and oxygen atoms in total. The number of H-pyrrole nitrogens is 1. The zero-order valence-corrected chi connectivity index (χ0v) is 15.2. The molecular weight excluding hydrogens is 342 g/mol. The predicted octanol–water partition coefficient (Wildman–Crippen LogP) is 2.71. The van der Waals surface area contributed by atoms with Gasteiger partial charge in [-0.2, -0.15) is 5.10 Å². The van der Waals surface area contributed by atoms with Crippen molar-refractivity contribution in [2.75, 3.05) is 11.9 Å². The standard InChI is InChI=1S/C19H23N7O/c1-2-3-10-26(19(20)21)12-13-4-6-14(7-5-13)18(27)24-16-8-9-22-17-15(16)11-23-25-17/h4-9,11H,2-3,10,12H2,1H3,(H3,20,21)(H2,22,23,24,25,27). The number of aromatic amines is 1. The maximum atomic E-state index is 12.5. The number of aromatic nitrogens is 3. The average Bonchev–Trinajstić information content (AvgIpc) is 3.15. The van der Waals surface area contributed by atoms with Crippen molar-refractivity contribution in [2.24, 2.45) is 5.73 Å². The lowest BCUT2D eigenvalue weighted by atomic mass is 10.1. The molecular formula is C19H23N7O. The minimum atomic E-state index is -0.204. The van der Waals surface area contributed by atoms with E-state index in [9.17, 15) is 4.79 Å². The highest BCUT2D eigenvalue weighted by Gasteiger charge is 2.11. The van der Waals surface area contributed by atoms with Gasteiger partial charge in [0.1, 0.15) is 0 Å². The molecule has 0 spiro atoms. The number of nitrogens with zero attached hydrogens (tertiary/aromatic N) is 3.